The van der Waals surface area contributed by atoms with Gasteiger partial charge in [-0.2, -0.15) is 0 Å². The SMILES string of the molecule is CNCc1nccc(NCc2cccs2)n1. The minimum atomic E-state index is 0.689. The molecule has 0 aliphatic rings. The van der Waals surface area contributed by atoms with Gasteiger partial charge in [0, 0.05) is 11.1 Å². The maximum absolute atomic E-state index is 4.38. The Balaban J connectivity index is 1.96. The molecule has 0 saturated carbocycles. The number of aromatic nitrogens is 2. The van der Waals surface area contributed by atoms with Crippen LogP contribution in [0.15, 0.2) is 29.8 Å². The van der Waals surface area contributed by atoms with Crippen LogP contribution in [-0.4, -0.2) is 17.0 Å². The third kappa shape index (κ3) is 3.01. The van der Waals surface area contributed by atoms with E-state index < -0.39 is 0 Å². The molecule has 16 heavy (non-hydrogen) atoms. The van der Waals surface area contributed by atoms with Gasteiger partial charge in [-0.25, -0.2) is 9.97 Å². The van der Waals surface area contributed by atoms with Crippen LogP contribution in [0.4, 0.5) is 5.82 Å². The predicted molar refractivity (Wildman–Crippen MR) is 66.4 cm³/mol. The molecule has 5 heteroatoms. The summed E-state index contributed by atoms with van der Waals surface area (Å²) in [7, 11) is 1.88. The van der Waals surface area contributed by atoms with Gasteiger partial charge in [-0.15, -0.1) is 11.3 Å². The third-order valence-corrected chi connectivity index (χ3v) is 2.94. The maximum Gasteiger partial charge on any atom is 0.144 e. The van der Waals surface area contributed by atoms with E-state index >= 15 is 0 Å². The summed E-state index contributed by atoms with van der Waals surface area (Å²) in [5, 5.41) is 8.38. The Morgan fingerprint density at radius 3 is 3.00 bits per heavy atom. The molecule has 0 spiro atoms. The Hall–Kier alpha value is -1.46. The van der Waals surface area contributed by atoms with Crippen molar-refractivity contribution in [1.29, 1.82) is 0 Å². The highest BCUT2D eigenvalue weighted by atomic mass is 32.1. The molecular weight excluding hydrogens is 220 g/mol. The molecule has 0 aliphatic carbocycles. The van der Waals surface area contributed by atoms with Crippen molar-refractivity contribution in [3.63, 3.8) is 0 Å². The number of thiophene rings is 1. The molecule has 0 bridgehead atoms. The number of nitrogens with one attached hydrogen (secondary N) is 2. The number of anilines is 1. The van der Waals surface area contributed by atoms with Gasteiger partial charge in [-0.05, 0) is 24.6 Å². The highest BCUT2D eigenvalue weighted by Gasteiger charge is 1.98. The fraction of sp³-hybridized carbons (Fsp3) is 0.273. The fourth-order valence-electron chi connectivity index (χ4n) is 1.33. The highest BCUT2D eigenvalue weighted by Crippen LogP contribution is 2.11. The van der Waals surface area contributed by atoms with Crippen molar-refractivity contribution >= 4 is 17.2 Å². The zero-order chi connectivity index (χ0) is 11.2. The third-order valence-electron chi connectivity index (χ3n) is 2.06. The van der Waals surface area contributed by atoms with E-state index in [2.05, 4.69) is 32.0 Å². The number of hydrogen-bond donors (Lipinski definition) is 2. The van der Waals surface area contributed by atoms with Crippen LogP contribution in [0.1, 0.15) is 10.7 Å². The van der Waals surface area contributed by atoms with Crippen LogP contribution >= 0.6 is 11.3 Å². The summed E-state index contributed by atoms with van der Waals surface area (Å²) in [5.74, 6) is 1.67. The van der Waals surface area contributed by atoms with Crippen LogP contribution in [0.5, 0.6) is 0 Å². The molecule has 4 nitrogen and oxygen atoms in total. The summed E-state index contributed by atoms with van der Waals surface area (Å²) in [4.78, 5) is 9.84. The quantitative estimate of drug-likeness (QED) is 0.829. The number of rotatable bonds is 5. The standard InChI is InChI=1S/C11H14N4S/c1-12-8-11-13-5-4-10(15-11)14-7-9-3-2-6-16-9/h2-6,12H,7-8H2,1H3,(H,13,14,15). The monoisotopic (exact) mass is 234 g/mol. The van der Waals surface area contributed by atoms with E-state index in [9.17, 15) is 0 Å². The molecule has 0 amide bonds. The van der Waals surface area contributed by atoms with E-state index in [0.717, 1.165) is 18.2 Å². The van der Waals surface area contributed by atoms with Gasteiger partial charge in [0.15, 0.2) is 0 Å². The summed E-state index contributed by atoms with van der Waals surface area (Å²) in [6, 6.07) is 6.04. The Morgan fingerprint density at radius 1 is 1.31 bits per heavy atom. The van der Waals surface area contributed by atoms with E-state index in [1.165, 1.54) is 4.88 Å². The lowest BCUT2D eigenvalue weighted by atomic mass is 10.4. The molecule has 0 aliphatic heterocycles. The number of nitrogens with zero attached hydrogens (tertiary/aromatic N) is 2. The van der Waals surface area contributed by atoms with Crippen LogP contribution in [0, 0.1) is 0 Å². The maximum atomic E-state index is 4.38. The Labute approximate surface area is 98.8 Å². The second-order valence-electron chi connectivity index (χ2n) is 3.32. The molecule has 2 rings (SSSR count). The molecule has 0 fully saturated rings. The topological polar surface area (TPSA) is 49.8 Å². The molecule has 84 valence electrons. The van der Waals surface area contributed by atoms with Crippen molar-refractivity contribution in [2.24, 2.45) is 0 Å². The van der Waals surface area contributed by atoms with Crippen LogP contribution in [0.25, 0.3) is 0 Å². The molecule has 2 N–H and O–H groups in total. The zero-order valence-electron chi connectivity index (χ0n) is 9.10. The lowest BCUT2D eigenvalue weighted by Crippen LogP contribution is -2.10. The van der Waals surface area contributed by atoms with Crippen molar-refractivity contribution < 1.29 is 0 Å². The van der Waals surface area contributed by atoms with Gasteiger partial charge in [0.1, 0.15) is 11.6 Å². The summed E-state index contributed by atoms with van der Waals surface area (Å²) >= 11 is 1.74. The van der Waals surface area contributed by atoms with E-state index in [-0.39, 0.29) is 0 Å². The van der Waals surface area contributed by atoms with Crippen molar-refractivity contribution in [2.75, 3.05) is 12.4 Å². The van der Waals surface area contributed by atoms with E-state index in [0.29, 0.717) is 6.54 Å². The first-order valence-corrected chi connectivity index (χ1v) is 5.99. The molecule has 2 heterocycles. The summed E-state index contributed by atoms with van der Waals surface area (Å²) in [6.07, 6.45) is 1.77. The highest BCUT2D eigenvalue weighted by molar-refractivity contribution is 7.09. The lowest BCUT2D eigenvalue weighted by Gasteiger charge is -2.05. The van der Waals surface area contributed by atoms with Crippen molar-refractivity contribution in [3.8, 4) is 0 Å². The molecule has 0 aromatic carbocycles. The van der Waals surface area contributed by atoms with Crippen molar-refractivity contribution in [1.82, 2.24) is 15.3 Å². The largest absolute Gasteiger partial charge is 0.365 e. The van der Waals surface area contributed by atoms with Gasteiger partial charge >= 0.3 is 0 Å². The van der Waals surface area contributed by atoms with Crippen LogP contribution in [-0.2, 0) is 13.1 Å². The molecule has 2 aromatic rings. The van der Waals surface area contributed by atoms with Crippen molar-refractivity contribution in [3.05, 3.63) is 40.5 Å². The second-order valence-corrected chi connectivity index (χ2v) is 4.35. The first-order valence-electron chi connectivity index (χ1n) is 5.11. The van der Waals surface area contributed by atoms with E-state index in [1.54, 1.807) is 17.5 Å². The Kier molecular flexibility index (Phi) is 3.85. The molecule has 0 radical (unpaired) electrons. The normalized spacial score (nSPS) is 10.3. The van der Waals surface area contributed by atoms with Crippen LogP contribution in [0.3, 0.4) is 0 Å². The summed E-state index contributed by atoms with van der Waals surface area (Å²) in [5.41, 5.74) is 0. The first kappa shape index (κ1) is 11.0. The van der Waals surface area contributed by atoms with Crippen LogP contribution < -0.4 is 10.6 Å². The minimum absolute atomic E-state index is 0.689. The smallest absolute Gasteiger partial charge is 0.144 e. The summed E-state index contributed by atoms with van der Waals surface area (Å²) in [6.45, 7) is 1.50. The molecule has 0 unspecified atom stereocenters. The van der Waals surface area contributed by atoms with Gasteiger partial charge < -0.3 is 10.6 Å². The van der Waals surface area contributed by atoms with Crippen LogP contribution in [0.2, 0.25) is 0 Å². The fourth-order valence-corrected chi connectivity index (χ4v) is 1.98. The molecular formula is C11H14N4S. The van der Waals surface area contributed by atoms with Gasteiger partial charge in [0.2, 0.25) is 0 Å². The molecule has 0 saturated heterocycles. The average Bonchev–Trinajstić information content (AvgIpc) is 2.80. The average molecular weight is 234 g/mol. The van der Waals surface area contributed by atoms with E-state index in [4.69, 9.17) is 0 Å². The van der Waals surface area contributed by atoms with Gasteiger partial charge in [0.05, 0.1) is 13.1 Å². The lowest BCUT2D eigenvalue weighted by molar-refractivity contribution is 0.758. The Bertz CT molecular complexity index is 427. The van der Waals surface area contributed by atoms with Gasteiger partial charge in [-0.3, -0.25) is 0 Å². The minimum Gasteiger partial charge on any atom is -0.365 e. The van der Waals surface area contributed by atoms with Gasteiger partial charge in [-0.1, -0.05) is 6.07 Å². The predicted octanol–water partition coefficient (Wildman–Crippen LogP) is 1.87. The zero-order valence-corrected chi connectivity index (χ0v) is 9.92. The van der Waals surface area contributed by atoms with Gasteiger partial charge in [0.25, 0.3) is 0 Å². The molecule has 0 atom stereocenters. The number of hydrogen-bond acceptors (Lipinski definition) is 5. The second kappa shape index (κ2) is 5.58. The van der Waals surface area contributed by atoms with Crippen molar-refractivity contribution in [2.45, 2.75) is 13.1 Å². The molecule has 2 aromatic heterocycles. The summed E-state index contributed by atoms with van der Waals surface area (Å²) < 4.78 is 0. The van der Waals surface area contributed by atoms with E-state index in [1.807, 2.05) is 19.2 Å². The Morgan fingerprint density at radius 2 is 2.25 bits per heavy atom. The first-order chi connectivity index (χ1) is 7.88.